The highest BCUT2D eigenvalue weighted by molar-refractivity contribution is 6.25. The van der Waals surface area contributed by atoms with Crippen LogP contribution in [-0.4, -0.2) is 28.2 Å². The molecule has 1 N–H and O–H groups in total. The monoisotopic (exact) mass is 382 g/mol. The number of H-pyrrole nitrogens is 1. The van der Waals surface area contributed by atoms with Gasteiger partial charge in [-0.3, -0.25) is 14.5 Å². The molecule has 0 spiro atoms. The molecule has 3 aromatic carbocycles. The van der Waals surface area contributed by atoms with Gasteiger partial charge in [0.1, 0.15) is 0 Å². The highest BCUT2D eigenvalue weighted by atomic mass is 16.2. The van der Waals surface area contributed by atoms with Crippen LogP contribution in [0, 0.1) is 6.92 Å². The molecule has 4 nitrogen and oxygen atoms in total. The molecule has 0 radical (unpaired) electrons. The zero-order chi connectivity index (χ0) is 20.1. The second-order valence-electron chi connectivity index (χ2n) is 7.68. The SMILES string of the molecule is CCc1ccc2[nH]c(C)c(CCN3C(=O)c4cccc5cccc(c45)C3=O)c2c1. The van der Waals surface area contributed by atoms with Gasteiger partial charge in [-0.05, 0) is 60.5 Å². The van der Waals surface area contributed by atoms with Crippen molar-refractivity contribution < 1.29 is 9.59 Å². The summed E-state index contributed by atoms with van der Waals surface area (Å²) in [7, 11) is 0. The summed E-state index contributed by atoms with van der Waals surface area (Å²) < 4.78 is 0. The second-order valence-corrected chi connectivity index (χ2v) is 7.68. The van der Waals surface area contributed by atoms with Crippen LogP contribution in [0.3, 0.4) is 0 Å². The average molecular weight is 382 g/mol. The molecule has 1 aliphatic heterocycles. The molecule has 29 heavy (non-hydrogen) atoms. The summed E-state index contributed by atoms with van der Waals surface area (Å²) in [5, 5.41) is 2.89. The number of imide groups is 1. The maximum absolute atomic E-state index is 13.1. The highest BCUT2D eigenvalue weighted by Crippen LogP contribution is 2.31. The summed E-state index contributed by atoms with van der Waals surface area (Å²) in [5.41, 5.74) is 5.87. The molecule has 4 aromatic rings. The van der Waals surface area contributed by atoms with Gasteiger partial charge < -0.3 is 4.98 Å². The molecular formula is C25H22N2O2. The minimum atomic E-state index is -0.203. The lowest BCUT2D eigenvalue weighted by Crippen LogP contribution is -2.41. The number of amides is 2. The zero-order valence-corrected chi connectivity index (χ0v) is 16.6. The number of nitrogens with zero attached hydrogens (tertiary/aromatic N) is 1. The Morgan fingerprint density at radius 1 is 0.931 bits per heavy atom. The molecule has 0 unspecified atom stereocenters. The minimum absolute atomic E-state index is 0.203. The van der Waals surface area contributed by atoms with Crippen LogP contribution in [0.25, 0.3) is 21.7 Å². The van der Waals surface area contributed by atoms with Gasteiger partial charge in [-0.2, -0.15) is 0 Å². The third-order valence-corrected chi connectivity index (χ3v) is 6.03. The van der Waals surface area contributed by atoms with E-state index in [0.29, 0.717) is 24.1 Å². The van der Waals surface area contributed by atoms with Gasteiger partial charge in [-0.25, -0.2) is 0 Å². The van der Waals surface area contributed by atoms with Gasteiger partial charge in [0.2, 0.25) is 0 Å². The van der Waals surface area contributed by atoms with Crippen molar-refractivity contribution in [1.82, 2.24) is 9.88 Å². The van der Waals surface area contributed by atoms with E-state index in [1.54, 1.807) is 0 Å². The van der Waals surface area contributed by atoms with Crippen molar-refractivity contribution in [2.75, 3.05) is 6.54 Å². The summed E-state index contributed by atoms with van der Waals surface area (Å²) in [6, 6.07) is 17.7. The largest absolute Gasteiger partial charge is 0.358 e. The summed E-state index contributed by atoms with van der Waals surface area (Å²) in [6.45, 7) is 4.56. The number of rotatable bonds is 4. The molecule has 2 heterocycles. The molecule has 1 aromatic heterocycles. The average Bonchev–Trinajstić information content (AvgIpc) is 3.06. The Balaban J connectivity index is 1.51. The molecule has 1 aliphatic rings. The van der Waals surface area contributed by atoms with E-state index in [9.17, 15) is 9.59 Å². The summed E-state index contributed by atoms with van der Waals surface area (Å²) >= 11 is 0. The number of nitrogens with one attached hydrogen (secondary N) is 1. The van der Waals surface area contributed by atoms with Gasteiger partial charge in [0.15, 0.2) is 0 Å². The number of hydrogen-bond acceptors (Lipinski definition) is 2. The normalized spacial score (nSPS) is 13.7. The van der Waals surface area contributed by atoms with Gasteiger partial charge in [-0.1, -0.05) is 37.3 Å². The first kappa shape index (κ1) is 17.7. The molecule has 2 amide bonds. The number of aromatic amines is 1. The van der Waals surface area contributed by atoms with E-state index in [4.69, 9.17) is 0 Å². The molecule has 4 heteroatoms. The number of carbonyl (C=O) groups is 2. The first-order valence-corrected chi connectivity index (χ1v) is 10.1. The second kappa shape index (κ2) is 6.59. The van der Waals surface area contributed by atoms with Crippen molar-refractivity contribution in [2.24, 2.45) is 0 Å². The molecule has 0 atom stereocenters. The van der Waals surface area contributed by atoms with E-state index in [1.807, 2.05) is 36.4 Å². The van der Waals surface area contributed by atoms with Gasteiger partial charge in [0.25, 0.3) is 11.8 Å². The van der Waals surface area contributed by atoms with Crippen LogP contribution < -0.4 is 0 Å². The van der Waals surface area contributed by atoms with E-state index in [1.165, 1.54) is 21.4 Å². The van der Waals surface area contributed by atoms with Crippen LogP contribution in [-0.2, 0) is 12.8 Å². The number of benzene rings is 3. The van der Waals surface area contributed by atoms with Crippen molar-refractivity contribution in [3.05, 3.63) is 82.5 Å². The van der Waals surface area contributed by atoms with E-state index >= 15 is 0 Å². The van der Waals surface area contributed by atoms with Crippen LogP contribution in [0.4, 0.5) is 0 Å². The Bertz CT molecular complexity index is 1250. The molecule has 144 valence electrons. The third-order valence-electron chi connectivity index (χ3n) is 6.03. The summed E-state index contributed by atoms with van der Waals surface area (Å²) in [5.74, 6) is -0.405. The lowest BCUT2D eigenvalue weighted by atomic mass is 9.94. The van der Waals surface area contributed by atoms with E-state index in [2.05, 4.69) is 37.0 Å². The van der Waals surface area contributed by atoms with Crippen molar-refractivity contribution >= 4 is 33.5 Å². The quantitative estimate of drug-likeness (QED) is 0.503. The van der Waals surface area contributed by atoms with Crippen molar-refractivity contribution in [1.29, 1.82) is 0 Å². The van der Waals surface area contributed by atoms with E-state index < -0.39 is 0 Å². The Morgan fingerprint density at radius 2 is 1.62 bits per heavy atom. The van der Waals surface area contributed by atoms with E-state index in [-0.39, 0.29) is 11.8 Å². The predicted molar refractivity (Wildman–Crippen MR) is 115 cm³/mol. The third kappa shape index (κ3) is 2.67. The molecular weight excluding hydrogens is 360 g/mol. The smallest absolute Gasteiger partial charge is 0.261 e. The van der Waals surface area contributed by atoms with Gasteiger partial charge in [0.05, 0.1) is 0 Å². The number of carbonyl (C=O) groups excluding carboxylic acids is 2. The number of aryl methyl sites for hydroxylation is 2. The van der Waals surface area contributed by atoms with Gasteiger partial charge >= 0.3 is 0 Å². The van der Waals surface area contributed by atoms with Crippen molar-refractivity contribution in [3.8, 4) is 0 Å². The Morgan fingerprint density at radius 3 is 2.28 bits per heavy atom. The molecule has 0 saturated carbocycles. The molecule has 0 aliphatic carbocycles. The Kier molecular flexibility index (Phi) is 4.02. The Hall–Kier alpha value is -3.40. The number of fused-ring (bicyclic) bond motifs is 1. The topological polar surface area (TPSA) is 53.2 Å². The Labute approximate surface area is 169 Å². The maximum atomic E-state index is 13.1. The standard InChI is InChI=1S/C25H22N2O2/c1-3-16-10-11-22-21(14-16)18(15(2)26-22)12-13-27-24(28)19-8-4-6-17-7-5-9-20(23(17)19)25(27)29/h4-11,14,26H,3,12-13H2,1-2H3. The fraction of sp³-hybridized carbons (Fsp3) is 0.200. The fourth-order valence-corrected chi connectivity index (χ4v) is 4.48. The van der Waals surface area contributed by atoms with Crippen molar-refractivity contribution in [2.45, 2.75) is 26.7 Å². The summed E-state index contributed by atoms with van der Waals surface area (Å²) in [4.78, 5) is 31.1. The van der Waals surface area contributed by atoms with E-state index in [0.717, 1.165) is 28.4 Å². The minimum Gasteiger partial charge on any atom is -0.358 e. The first-order valence-electron chi connectivity index (χ1n) is 10.1. The van der Waals surface area contributed by atoms with Gasteiger partial charge in [-0.15, -0.1) is 0 Å². The first-order chi connectivity index (χ1) is 14.1. The molecule has 0 fully saturated rings. The van der Waals surface area contributed by atoms with Crippen molar-refractivity contribution in [3.63, 3.8) is 0 Å². The van der Waals surface area contributed by atoms with Crippen LogP contribution in [0.15, 0.2) is 54.6 Å². The van der Waals surface area contributed by atoms with Crippen LogP contribution in [0.1, 0.15) is 44.5 Å². The highest BCUT2D eigenvalue weighted by Gasteiger charge is 2.32. The maximum Gasteiger partial charge on any atom is 0.261 e. The number of aromatic nitrogens is 1. The van der Waals surface area contributed by atoms with Gasteiger partial charge in [0, 0.05) is 39.7 Å². The lowest BCUT2D eigenvalue weighted by molar-refractivity contribution is 0.0612. The number of hydrogen-bond donors (Lipinski definition) is 1. The molecule has 5 rings (SSSR count). The zero-order valence-electron chi connectivity index (χ0n) is 16.6. The molecule has 0 saturated heterocycles. The van der Waals surface area contributed by atoms with Crippen LogP contribution >= 0.6 is 0 Å². The predicted octanol–water partition coefficient (Wildman–Crippen LogP) is 5.03. The van der Waals surface area contributed by atoms with Crippen LogP contribution in [0.5, 0.6) is 0 Å². The summed E-state index contributed by atoms with van der Waals surface area (Å²) in [6.07, 6.45) is 1.61. The fourth-order valence-electron chi connectivity index (χ4n) is 4.48. The van der Waals surface area contributed by atoms with Crippen LogP contribution in [0.2, 0.25) is 0 Å². The molecule has 0 bridgehead atoms. The lowest BCUT2D eigenvalue weighted by Gasteiger charge is -2.27.